The van der Waals surface area contributed by atoms with Crippen LogP contribution in [0.3, 0.4) is 0 Å². The number of anilines is 2. The van der Waals surface area contributed by atoms with Crippen LogP contribution >= 0.6 is 0 Å². The average molecular weight is 551 g/mol. The van der Waals surface area contributed by atoms with Gasteiger partial charge in [0, 0.05) is 23.9 Å². The van der Waals surface area contributed by atoms with Crippen molar-refractivity contribution >= 4 is 28.5 Å². The van der Waals surface area contributed by atoms with Gasteiger partial charge >= 0.3 is 12.6 Å². The number of morpholine rings is 1. The molecule has 1 unspecified atom stereocenters. The molecule has 0 aliphatic carbocycles. The van der Waals surface area contributed by atoms with E-state index in [2.05, 4.69) is 10.1 Å². The van der Waals surface area contributed by atoms with Crippen LogP contribution in [0.15, 0.2) is 75.9 Å². The predicted molar refractivity (Wildman–Crippen MR) is 147 cm³/mol. The Balaban J connectivity index is 1.45. The van der Waals surface area contributed by atoms with E-state index in [4.69, 9.17) is 9.15 Å². The summed E-state index contributed by atoms with van der Waals surface area (Å²) in [5.41, 5.74) is 3.18. The fourth-order valence-corrected chi connectivity index (χ4v) is 4.92. The molecule has 40 heavy (non-hydrogen) atoms. The van der Waals surface area contributed by atoms with Gasteiger partial charge in [0.15, 0.2) is 11.3 Å². The molecule has 0 radical (unpaired) electrons. The number of carboxylic acids is 1. The van der Waals surface area contributed by atoms with E-state index in [1.165, 1.54) is 24.3 Å². The molecule has 0 saturated carbocycles. The molecule has 10 heteroatoms. The second kappa shape index (κ2) is 11.4. The van der Waals surface area contributed by atoms with E-state index < -0.39 is 12.6 Å². The fraction of sp³-hybridized carbons (Fsp3) is 0.267. The van der Waals surface area contributed by atoms with Crippen molar-refractivity contribution in [3.63, 3.8) is 0 Å². The lowest BCUT2D eigenvalue weighted by Crippen LogP contribution is -2.38. The first kappa shape index (κ1) is 27.1. The van der Waals surface area contributed by atoms with Crippen LogP contribution in [-0.2, 0) is 4.74 Å². The topological polar surface area (TPSA) is 101 Å². The lowest BCUT2D eigenvalue weighted by atomic mass is 10.0. The van der Waals surface area contributed by atoms with Crippen LogP contribution in [-0.4, -0.2) is 37.4 Å². The minimum absolute atomic E-state index is 0.0588. The molecule has 1 aromatic heterocycles. The number of para-hydroxylation sites is 1. The number of nitrogens with one attached hydrogen (secondary N) is 1. The highest BCUT2D eigenvalue weighted by Gasteiger charge is 2.26. The number of carboxylic acid groups (broad SMARTS) is 1. The first-order valence-electron chi connectivity index (χ1n) is 12.8. The van der Waals surface area contributed by atoms with Crippen LogP contribution in [0.5, 0.6) is 5.75 Å². The Morgan fingerprint density at radius 2 is 1.88 bits per heavy atom. The van der Waals surface area contributed by atoms with E-state index in [1.54, 1.807) is 36.4 Å². The minimum atomic E-state index is -2.90. The Labute approximate surface area is 228 Å². The number of halogens is 2. The van der Waals surface area contributed by atoms with Crippen molar-refractivity contribution in [3.8, 4) is 5.75 Å². The average Bonchev–Trinajstić information content (AvgIpc) is 2.93. The standard InChI is InChI=1S/C30H28F2N2O6/c1-17-13-22(18(2)33-24-6-4-3-5-21(24)29(36)37)28-23(14-17)25(35)15-27(40-28)34-11-12-38-26(16-34)19-7-9-20(10-8-19)39-30(31)32/h3-10,13-15,18,26,30,33H,11-12,16H2,1-2H3,(H,36,37)/t18-,26?/m1/s1. The molecule has 1 fully saturated rings. The van der Waals surface area contributed by atoms with Crippen molar-refractivity contribution in [3.05, 3.63) is 99.2 Å². The maximum absolute atomic E-state index is 13.3. The number of aromatic carboxylic acids is 1. The molecule has 4 aromatic rings. The Kier molecular flexibility index (Phi) is 7.70. The number of nitrogens with zero attached hydrogens (tertiary/aromatic N) is 1. The zero-order chi connectivity index (χ0) is 28.4. The van der Waals surface area contributed by atoms with Crippen molar-refractivity contribution in [2.24, 2.45) is 0 Å². The molecule has 1 saturated heterocycles. The highest BCUT2D eigenvalue weighted by Crippen LogP contribution is 2.33. The summed E-state index contributed by atoms with van der Waals surface area (Å²) in [5.74, 6) is -0.605. The lowest BCUT2D eigenvalue weighted by Gasteiger charge is -2.33. The Hall–Kier alpha value is -4.44. The highest BCUT2D eigenvalue weighted by molar-refractivity contribution is 5.94. The number of aryl methyl sites for hydroxylation is 1. The van der Waals surface area contributed by atoms with Crippen molar-refractivity contribution in [2.75, 3.05) is 29.9 Å². The maximum atomic E-state index is 13.3. The summed E-state index contributed by atoms with van der Waals surface area (Å²) in [6, 6.07) is 17.7. The van der Waals surface area contributed by atoms with Gasteiger partial charge in [-0.3, -0.25) is 4.79 Å². The van der Waals surface area contributed by atoms with Gasteiger partial charge in [0.05, 0.1) is 30.1 Å². The summed E-state index contributed by atoms with van der Waals surface area (Å²) in [4.78, 5) is 26.9. The van der Waals surface area contributed by atoms with Gasteiger partial charge in [-0.1, -0.05) is 30.3 Å². The maximum Gasteiger partial charge on any atom is 0.387 e. The third kappa shape index (κ3) is 5.76. The van der Waals surface area contributed by atoms with E-state index >= 15 is 0 Å². The summed E-state index contributed by atoms with van der Waals surface area (Å²) in [6.07, 6.45) is -0.374. The minimum Gasteiger partial charge on any atom is -0.478 e. The number of alkyl halides is 2. The van der Waals surface area contributed by atoms with E-state index in [-0.39, 0.29) is 28.9 Å². The van der Waals surface area contributed by atoms with Gasteiger partial charge in [0.1, 0.15) is 17.4 Å². The van der Waals surface area contributed by atoms with Crippen molar-refractivity contribution < 1.29 is 32.6 Å². The molecule has 1 aliphatic heterocycles. The van der Waals surface area contributed by atoms with Crippen LogP contribution in [0.25, 0.3) is 11.0 Å². The van der Waals surface area contributed by atoms with E-state index in [0.29, 0.717) is 47.8 Å². The van der Waals surface area contributed by atoms with Crippen LogP contribution in [0.4, 0.5) is 20.4 Å². The summed E-state index contributed by atoms with van der Waals surface area (Å²) in [6.45, 7) is 2.10. The second-order valence-corrected chi connectivity index (χ2v) is 9.65. The fourth-order valence-electron chi connectivity index (χ4n) is 4.92. The van der Waals surface area contributed by atoms with Crippen molar-refractivity contribution in [1.82, 2.24) is 0 Å². The molecular formula is C30H28F2N2O6. The molecule has 0 amide bonds. The van der Waals surface area contributed by atoms with Gasteiger partial charge in [0.25, 0.3) is 0 Å². The van der Waals surface area contributed by atoms with Gasteiger partial charge in [0.2, 0.25) is 0 Å². The zero-order valence-corrected chi connectivity index (χ0v) is 21.9. The zero-order valence-electron chi connectivity index (χ0n) is 21.9. The molecule has 0 bridgehead atoms. The van der Waals surface area contributed by atoms with Gasteiger partial charge in [-0.05, 0) is 55.3 Å². The van der Waals surface area contributed by atoms with Gasteiger partial charge in [-0.2, -0.15) is 8.78 Å². The van der Waals surface area contributed by atoms with Crippen molar-refractivity contribution in [1.29, 1.82) is 0 Å². The molecule has 208 valence electrons. The molecule has 0 spiro atoms. The lowest BCUT2D eigenvalue weighted by molar-refractivity contribution is -0.0499. The van der Waals surface area contributed by atoms with Crippen LogP contribution in [0.2, 0.25) is 0 Å². The molecule has 1 aliphatic rings. The van der Waals surface area contributed by atoms with E-state index in [9.17, 15) is 23.5 Å². The van der Waals surface area contributed by atoms with Gasteiger partial charge in [-0.25, -0.2) is 4.79 Å². The number of carbonyl (C=O) groups is 1. The predicted octanol–water partition coefficient (Wildman–Crippen LogP) is 6.15. The normalized spacial score (nSPS) is 16.2. The van der Waals surface area contributed by atoms with Gasteiger partial charge in [-0.15, -0.1) is 0 Å². The highest BCUT2D eigenvalue weighted by atomic mass is 19.3. The first-order valence-corrected chi connectivity index (χ1v) is 12.8. The van der Waals surface area contributed by atoms with E-state index in [1.807, 2.05) is 24.8 Å². The van der Waals surface area contributed by atoms with Crippen LogP contribution in [0.1, 0.15) is 46.1 Å². The largest absolute Gasteiger partial charge is 0.478 e. The third-order valence-corrected chi connectivity index (χ3v) is 6.84. The molecule has 5 rings (SSSR count). The number of rotatable bonds is 8. The number of fused-ring (bicyclic) bond motifs is 1. The summed E-state index contributed by atoms with van der Waals surface area (Å²) in [5, 5.41) is 13.3. The number of ether oxygens (including phenoxy) is 2. The summed E-state index contributed by atoms with van der Waals surface area (Å²) in [7, 11) is 0. The monoisotopic (exact) mass is 550 g/mol. The summed E-state index contributed by atoms with van der Waals surface area (Å²) >= 11 is 0. The van der Waals surface area contributed by atoms with Crippen molar-refractivity contribution in [2.45, 2.75) is 32.6 Å². The Bertz CT molecular complexity index is 1590. The molecule has 2 N–H and O–H groups in total. The van der Waals surface area contributed by atoms with Crippen LogP contribution < -0.4 is 20.4 Å². The molecule has 2 heterocycles. The third-order valence-electron chi connectivity index (χ3n) is 6.84. The smallest absolute Gasteiger partial charge is 0.387 e. The van der Waals surface area contributed by atoms with E-state index in [0.717, 1.165) is 11.1 Å². The first-order chi connectivity index (χ1) is 19.2. The molecule has 8 nitrogen and oxygen atoms in total. The van der Waals surface area contributed by atoms with Gasteiger partial charge < -0.3 is 29.2 Å². The molecule has 2 atom stereocenters. The Morgan fingerprint density at radius 1 is 1.12 bits per heavy atom. The van der Waals surface area contributed by atoms with Crippen LogP contribution in [0, 0.1) is 6.92 Å². The SMILES string of the molecule is Cc1cc([C@@H](C)Nc2ccccc2C(=O)O)c2oc(N3CCOC(c4ccc(OC(F)F)cc4)C3)cc(=O)c2c1. The Morgan fingerprint density at radius 3 is 2.60 bits per heavy atom. The quantitative estimate of drug-likeness (QED) is 0.269. The second-order valence-electron chi connectivity index (χ2n) is 9.65. The number of hydrogen-bond donors (Lipinski definition) is 2. The number of hydrogen-bond acceptors (Lipinski definition) is 7. The molecular weight excluding hydrogens is 522 g/mol. The number of benzene rings is 3. The summed E-state index contributed by atoms with van der Waals surface area (Å²) < 4.78 is 41.7. The molecule has 3 aromatic carbocycles.